The molecule has 1 N–H and O–H groups in total. The minimum Gasteiger partial charge on any atom is -0.314 e. The summed E-state index contributed by atoms with van der Waals surface area (Å²) in [5.41, 5.74) is 0.596. The van der Waals surface area contributed by atoms with Crippen molar-refractivity contribution in [2.75, 3.05) is 19.6 Å². The van der Waals surface area contributed by atoms with Gasteiger partial charge in [0, 0.05) is 48.0 Å². The van der Waals surface area contributed by atoms with Crippen molar-refractivity contribution in [1.29, 1.82) is 0 Å². The fourth-order valence-electron chi connectivity index (χ4n) is 1.38. The summed E-state index contributed by atoms with van der Waals surface area (Å²) in [4.78, 5) is 0. The fraction of sp³-hybridized carbons (Fsp3) is 1.00. The van der Waals surface area contributed by atoms with Crippen LogP contribution in [-0.2, 0) is 0 Å². The summed E-state index contributed by atoms with van der Waals surface area (Å²) in [6.07, 6.45) is 2.81. The van der Waals surface area contributed by atoms with Gasteiger partial charge in [0.15, 0.2) is 0 Å². The molecular weight excluding hydrogens is 227 g/mol. The van der Waals surface area contributed by atoms with E-state index in [1.807, 2.05) is 0 Å². The zero-order valence-corrected chi connectivity index (χ0v) is 7.52. The van der Waals surface area contributed by atoms with Gasteiger partial charge in [-0.15, -0.1) is 0 Å². The van der Waals surface area contributed by atoms with Crippen molar-refractivity contribution >= 4 is 22.9 Å². The molecule has 0 aromatic rings. The van der Waals surface area contributed by atoms with Gasteiger partial charge >= 0.3 is 0 Å². The highest BCUT2D eigenvalue weighted by atomic mass is 127. The third-order valence-electron chi connectivity index (χ3n) is 2.28. The molecule has 2 aliphatic rings. The summed E-state index contributed by atoms with van der Waals surface area (Å²) in [5.74, 6) is 0. The van der Waals surface area contributed by atoms with Crippen LogP contribution < -0.4 is 5.32 Å². The Hall–Kier alpha value is 0.650. The highest BCUT2D eigenvalue weighted by Crippen LogP contribution is 2.44. The highest BCUT2D eigenvalue weighted by Gasteiger charge is 2.48. The van der Waals surface area contributed by atoms with Crippen molar-refractivity contribution in [3.63, 3.8) is 0 Å². The lowest BCUT2D eigenvalue weighted by Crippen LogP contribution is -2.48. The Bertz CT molecular complexity index is 122. The number of piperazine rings is 1. The van der Waals surface area contributed by atoms with E-state index in [0.717, 1.165) is 0 Å². The molecule has 0 aromatic carbocycles. The first-order valence-corrected chi connectivity index (χ1v) is 4.44. The van der Waals surface area contributed by atoms with E-state index in [9.17, 15) is 0 Å². The van der Waals surface area contributed by atoms with Crippen molar-refractivity contribution in [1.82, 2.24) is 8.43 Å². The maximum Gasteiger partial charge on any atom is 0.0431 e. The van der Waals surface area contributed by atoms with Crippen LogP contribution in [-0.4, -0.2) is 28.3 Å². The predicted molar refractivity (Wildman–Crippen MR) is 45.6 cm³/mol. The second-order valence-corrected chi connectivity index (χ2v) is 4.15. The van der Waals surface area contributed by atoms with Gasteiger partial charge in [0.2, 0.25) is 0 Å². The number of nitrogens with one attached hydrogen (secondary N) is 1. The molecule has 0 radical (unpaired) electrons. The summed E-state index contributed by atoms with van der Waals surface area (Å²) >= 11 is 2.46. The molecule has 1 saturated heterocycles. The van der Waals surface area contributed by atoms with E-state index in [1.54, 1.807) is 0 Å². The molecule has 1 aliphatic heterocycles. The Morgan fingerprint density at radius 2 is 2.22 bits per heavy atom. The Kier molecular flexibility index (Phi) is 1.46. The van der Waals surface area contributed by atoms with Crippen LogP contribution in [0, 0.1) is 0 Å². The van der Waals surface area contributed by atoms with E-state index in [4.69, 9.17) is 0 Å². The molecule has 52 valence electrons. The maximum atomic E-state index is 3.42. The van der Waals surface area contributed by atoms with E-state index in [2.05, 4.69) is 31.3 Å². The third kappa shape index (κ3) is 0.991. The molecule has 1 aliphatic carbocycles. The lowest BCUT2D eigenvalue weighted by molar-refractivity contribution is 0.295. The zero-order valence-electron chi connectivity index (χ0n) is 5.36. The highest BCUT2D eigenvalue weighted by molar-refractivity contribution is 14.1. The average Bonchev–Trinajstić information content (AvgIpc) is 2.60. The van der Waals surface area contributed by atoms with Gasteiger partial charge in [-0.1, -0.05) is 0 Å². The normalized spacial score (nSPS) is 33.0. The molecule has 0 unspecified atom stereocenters. The molecule has 1 saturated carbocycles. The largest absolute Gasteiger partial charge is 0.314 e. The van der Waals surface area contributed by atoms with Crippen LogP contribution in [0.5, 0.6) is 0 Å². The Morgan fingerprint density at radius 1 is 1.44 bits per heavy atom. The van der Waals surface area contributed by atoms with Crippen molar-refractivity contribution in [3.8, 4) is 0 Å². The average molecular weight is 238 g/mol. The number of hydrogen-bond donors (Lipinski definition) is 1. The van der Waals surface area contributed by atoms with Gasteiger partial charge in [-0.25, -0.2) is 3.11 Å². The SMILES string of the molecule is IN1CCNCC12CC2. The summed E-state index contributed by atoms with van der Waals surface area (Å²) in [6, 6.07) is 0. The second-order valence-electron chi connectivity index (χ2n) is 2.99. The lowest BCUT2D eigenvalue weighted by atomic mass is 10.2. The maximum absolute atomic E-state index is 3.42. The first-order valence-electron chi connectivity index (χ1n) is 3.48. The van der Waals surface area contributed by atoms with E-state index in [1.165, 1.54) is 32.5 Å². The predicted octanol–water partition coefficient (Wildman–Crippen LogP) is 0.774. The van der Waals surface area contributed by atoms with Gasteiger partial charge in [0.25, 0.3) is 0 Å². The smallest absolute Gasteiger partial charge is 0.0431 e. The van der Waals surface area contributed by atoms with Gasteiger partial charge in [-0.05, 0) is 12.8 Å². The van der Waals surface area contributed by atoms with Crippen molar-refractivity contribution in [2.45, 2.75) is 18.4 Å². The van der Waals surface area contributed by atoms with E-state index in [-0.39, 0.29) is 0 Å². The quantitative estimate of drug-likeness (QED) is 0.495. The van der Waals surface area contributed by atoms with Crippen molar-refractivity contribution < 1.29 is 0 Å². The van der Waals surface area contributed by atoms with Crippen LogP contribution >= 0.6 is 22.9 Å². The molecule has 1 spiro atoms. The minimum absolute atomic E-state index is 0.596. The molecule has 0 bridgehead atoms. The van der Waals surface area contributed by atoms with Crippen LogP contribution in [0.1, 0.15) is 12.8 Å². The molecule has 2 rings (SSSR count). The van der Waals surface area contributed by atoms with Crippen LogP contribution in [0.15, 0.2) is 0 Å². The third-order valence-corrected chi connectivity index (χ3v) is 3.79. The number of rotatable bonds is 0. The van der Waals surface area contributed by atoms with Crippen LogP contribution in [0.4, 0.5) is 0 Å². The van der Waals surface area contributed by atoms with Gasteiger partial charge in [0.1, 0.15) is 0 Å². The summed E-state index contributed by atoms with van der Waals surface area (Å²) in [7, 11) is 0. The fourth-order valence-corrected chi connectivity index (χ4v) is 2.28. The lowest BCUT2D eigenvalue weighted by Gasteiger charge is -2.31. The standard InChI is InChI=1S/C6H11IN2/c7-9-4-3-8-5-6(9)1-2-6/h8H,1-5H2. The number of halogens is 1. The molecule has 1 heterocycles. The Morgan fingerprint density at radius 3 is 2.67 bits per heavy atom. The van der Waals surface area contributed by atoms with Crippen molar-refractivity contribution in [2.24, 2.45) is 0 Å². The van der Waals surface area contributed by atoms with Crippen LogP contribution in [0.2, 0.25) is 0 Å². The van der Waals surface area contributed by atoms with Gasteiger partial charge in [-0.3, -0.25) is 0 Å². The summed E-state index contributed by atoms with van der Waals surface area (Å²) < 4.78 is 2.47. The van der Waals surface area contributed by atoms with Gasteiger partial charge in [-0.2, -0.15) is 0 Å². The van der Waals surface area contributed by atoms with Gasteiger partial charge in [0.05, 0.1) is 0 Å². The van der Waals surface area contributed by atoms with E-state index < -0.39 is 0 Å². The zero-order chi connectivity index (χ0) is 6.32. The minimum atomic E-state index is 0.596. The molecular formula is C6H11IN2. The molecule has 2 fully saturated rings. The summed E-state index contributed by atoms with van der Waals surface area (Å²) in [5, 5.41) is 3.42. The number of hydrogen-bond acceptors (Lipinski definition) is 2. The molecule has 0 amide bonds. The first-order chi connectivity index (χ1) is 4.33. The molecule has 2 nitrogen and oxygen atoms in total. The molecule has 0 aromatic heterocycles. The molecule has 9 heavy (non-hydrogen) atoms. The van der Waals surface area contributed by atoms with Gasteiger partial charge < -0.3 is 5.32 Å². The van der Waals surface area contributed by atoms with Crippen LogP contribution in [0.3, 0.4) is 0 Å². The first kappa shape index (κ1) is 6.37. The van der Waals surface area contributed by atoms with E-state index in [0.29, 0.717) is 5.54 Å². The second kappa shape index (κ2) is 2.07. The van der Waals surface area contributed by atoms with E-state index >= 15 is 0 Å². The van der Waals surface area contributed by atoms with Crippen molar-refractivity contribution in [3.05, 3.63) is 0 Å². The molecule has 3 heteroatoms. The number of nitrogens with zero attached hydrogens (tertiary/aromatic N) is 1. The Balaban J connectivity index is 2.03. The Labute approximate surface area is 69.5 Å². The molecule has 0 atom stereocenters. The summed E-state index contributed by atoms with van der Waals surface area (Å²) in [6.45, 7) is 3.61. The monoisotopic (exact) mass is 238 g/mol. The van der Waals surface area contributed by atoms with Crippen LogP contribution in [0.25, 0.3) is 0 Å². The topological polar surface area (TPSA) is 15.3 Å².